The van der Waals surface area contributed by atoms with Crippen LogP contribution in [0.5, 0.6) is 0 Å². The van der Waals surface area contributed by atoms with Crippen LogP contribution in [0.15, 0.2) is 12.1 Å². The average Bonchev–Trinajstić information content (AvgIpc) is 2.75. The number of aliphatic hydroxyl groups is 1. The zero-order valence-corrected chi connectivity index (χ0v) is 13.7. The van der Waals surface area contributed by atoms with Gasteiger partial charge in [0, 0.05) is 23.0 Å². The van der Waals surface area contributed by atoms with E-state index in [-0.39, 0.29) is 24.9 Å². The molecule has 0 saturated heterocycles. The first-order valence-corrected chi connectivity index (χ1v) is 7.69. The van der Waals surface area contributed by atoms with Crippen molar-refractivity contribution < 1.29 is 9.90 Å². The molecule has 0 bridgehead atoms. The third kappa shape index (κ3) is 3.71. The Morgan fingerprint density at radius 3 is 2.95 bits per heavy atom. The number of nitrogens with zero attached hydrogens (tertiary/aromatic N) is 2. The molecule has 1 aromatic carbocycles. The van der Waals surface area contributed by atoms with Crippen LogP contribution in [0, 0.1) is 11.3 Å². The van der Waals surface area contributed by atoms with Crippen molar-refractivity contribution in [1.29, 1.82) is 5.26 Å². The summed E-state index contributed by atoms with van der Waals surface area (Å²) < 4.78 is 0. The molecular weight excluding hydrogens is 325 g/mol. The Morgan fingerprint density at radius 2 is 2.27 bits per heavy atom. The van der Waals surface area contributed by atoms with Gasteiger partial charge < -0.3 is 10.4 Å². The SMILES string of the molecule is CN(CC(=O)NCCC#N)C1c2cc(Cl)cc(Cl)c2CC1O. The van der Waals surface area contributed by atoms with Gasteiger partial charge in [-0.25, -0.2) is 0 Å². The maximum absolute atomic E-state index is 11.8. The fourth-order valence-corrected chi connectivity index (χ4v) is 3.39. The number of rotatable bonds is 5. The number of carbonyl (C=O) groups excluding carboxylic acids is 1. The number of likely N-dealkylation sites (N-methyl/N-ethyl adjacent to an activating group) is 1. The van der Waals surface area contributed by atoms with Gasteiger partial charge in [0.15, 0.2) is 0 Å². The van der Waals surface area contributed by atoms with E-state index in [1.165, 1.54) is 0 Å². The van der Waals surface area contributed by atoms with Crippen LogP contribution in [0.1, 0.15) is 23.6 Å². The highest BCUT2D eigenvalue weighted by atomic mass is 35.5. The Kier molecular flexibility index (Phi) is 5.65. The van der Waals surface area contributed by atoms with Crippen LogP contribution < -0.4 is 5.32 Å². The normalized spacial score (nSPS) is 19.8. The number of hydrogen-bond donors (Lipinski definition) is 2. The summed E-state index contributed by atoms with van der Waals surface area (Å²) in [5.41, 5.74) is 1.73. The largest absolute Gasteiger partial charge is 0.391 e. The number of nitriles is 1. The van der Waals surface area contributed by atoms with Crippen LogP contribution >= 0.6 is 23.2 Å². The standard InChI is InChI=1S/C15H17Cl2N3O2/c1-20(8-14(22)19-4-2-3-18)15-11-5-9(16)6-12(17)10(11)7-13(15)21/h5-6,13,15,21H,2,4,7-8H2,1H3,(H,19,22). The van der Waals surface area contributed by atoms with Crippen LogP contribution in [0.4, 0.5) is 0 Å². The second-order valence-corrected chi connectivity index (χ2v) is 6.19. The second-order valence-electron chi connectivity index (χ2n) is 5.34. The molecule has 2 rings (SSSR count). The third-order valence-corrected chi connectivity index (χ3v) is 4.27. The third-order valence-electron chi connectivity index (χ3n) is 3.72. The molecule has 0 radical (unpaired) electrons. The van der Waals surface area contributed by atoms with Gasteiger partial charge in [-0.15, -0.1) is 0 Å². The number of hydrogen-bond acceptors (Lipinski definition) is 4. The van der Waals surface area contributed by atoms with E-state index in [9.17, 15) is 9.90 Å². The topological polar surface area (TPSA) is 76.4 Å². The summed E-state index contributed by atoms with van der Waals surface area (Å²) in [5.74, 6) is -0.188. The predicted octanol–water partition coefficient (Wildman–Crippen LogP) is 1.91. The minimum absolute atomic E-state index is 0.122. The summed E-state index contributed by atoms with van der Waals surface area (Å²) in [6.07, 6.45) is 0.0780. The van der Waals surface area contributed by atoms with Gasteiger partial charge in [0.05, 0.1) is 31.2 Å². The van der Waals surface area contributed by atoms with E-state index in [0.717, 1.165) is 11.1 Å². The smallest absolute Gasteiger partial charge is 0.234 e. The maximum atomic E-state index is 11.8. The zero-order chi connectivity index (χ0) is 16.3. The number of benzene rings is 1. The van der Waals surface area contributed by atoms with Crippen LogP contribution in [0.2, 0.25) is 10.0 Å². The molecule has 0 spiro atoms. The van der Waals surface area contributed by atoms with Crippen molar-refractivity contribution in [3.63, 3.8) is 0 Å². The molecule has 0 saturated carbocycles. The Hall–Kier alpha value is -1.32. The van der Waals surface area contributed by atoms with E-state index in [1.54, 1.807) is 24.1 Å². The highest BCUT2D eigenvalue weighted by Crippen LogP contribution is 2.40. The Labute approximate surface area is 139 Å². The lowest BCUT2D eigenvalue weighted by molar-refractivity contribution is -0.122. The molecule has 0 heterocycles. The molecule has 1 aliphatic carbocycles. The molecule has 0 fully saturated rings. The predicted molar refractivity (Wildman–Crippen MR) is 84.8 cm³/mol. The number of aliphatic hydroxyl groups excluding tert-OH is 1. The number of carbonyl (C=O) groups is 1. The number of fused-ring (bicyclic) bond motifs is 1. The van der Waals surface area contributed by atoms with Gasteiger partial charge in [0.25, 0.3) is 0 Å². The monoisotopic (exact) mass is 341 g/mol. The fraction of sp³-hybridized carbons (Fsp3) is 0.467. The first-order chi connectivity index (χ1) is 10.4. The molecule has 7 heteroatoms. The Balaban J connectivity index is 2.10. The molecule has 5 nitrogen and oxygen atoms in total. The van der Waals surface area contributed by atoms with Gasteiger partial charge in [-0.2, -0.15) is 5.26 Å². The van der Waals surface area contributed by atoms with Gasteiger partial charge in [0.1, 0.15) is 0 Å². The van der Waals surface area contributed by atoms with Gasteiger partial charge in [-0.3, -0.25) is 9.69 Å². The zero-order valence-electron chi connectivity index (χ0n) is 12.1. The summed E-state index contributed by atoms with van der Waals surface area (Å²) >= 11 is 12.2. The van der Waals surface area contributed by atoms with Crippen molar-refractivity contribution in [2.24, 2.45) is 0 Å². The molecule has 0 aromatic heterocycles. The molecule has 0 aliphatic heterocycles. The minimum Gasteiger partial charge on any atom is -0.391 e. The summed E-state index contributed by atoms with van der Waals surface area (Å²) in [7, 11) is 1.77. The number of nitrogens with one attached hydrogen (secondary N) is 1. The van der Waals surface area contributed by atoms with E-state index >= 15 is 0 Å². The highest BCUT2D eigenvalue weighted by molar-refractivity contribution is 6.35. The van der Waals surface area contributed by atoms with E-state index < -0.39 is 6.10 Å². The van der Waals surface area contributed by atoms with E-state index in [4.69, 9.17) is 28.5 Å². The lowest BCUT2D eigenvalue weighted by Crippen LogP contribution is -2.39. The lowest BCUT2D eigenvalue weighted by Gasteiger charge is -2.27. The molecule has 1 amide bonds. The average molecular weight is 342 g/mol. The molecule has 118 valence electrons. The first-order valence-electron chi connectivity index (χ1n) is 6.93. The van der Waals surface area contributed by atoms with E-state index in [0.29, 0.717) is 23.0 Å². The Morgan fingerprint density at radius 1 is 1.55 bits per heavy atom. The van der Waals surface area contributed by atoms with Crippen LogP contribution in [-0.2, 0) is 11.2 Å². The fourth-order valence-electron chi connectivity index (χ4n) is 2.80. The van der Waals surface area contributed by atoms with Gasteiger partial charge >= 0.3 is 0 Å². The molecule has 1 aliphatic rings. The van der Waals surface area contributed by atoms with Crippen molar-refractivity contribution in [3.05, 3.63) is 33.3 Å². The molecule has 1 aromatic rings. The highest BCUT2D eigenvalue weighted by Gasteiger charge is 2.36. The van der Waals surface area contributed by atoms with Crippen LogP contribution in [-0.4, -0.2) is 42.2 Å². The van der Waals surface area contributed by atoms with Crippen molar-refractivity contribution in [2.75, 3.05) is 20.1 Å². The Bertz CT molecular complexity index is 616. The molecular formula is C15H17Cl2N3O2. The molecule has 22 heavy (non-hydrogen) atoms. The summed E-state index contributed by atoms with van der Waals surface area (Å²) in [6.45, 7) is 0.446. The van der Waals surface area contributed by atoms with Crippen LogP contribution in [0.3, 0.4) is 0 Å². The first kappa shape index (κ1) is 17.0. The van der Waals surface area contributed by atoms with Crippen LogP contribution in [0.25, 0.3) is 0 Å². The lowest BCUT2D eigenvalue weighted by atomic mass is 10.1. The maximum Gasteiger partial charge on any atom is 0.234 e. The minimum atomic E-state index is -0.636. The van der Waals surface area contributed by atoms with E-state index in [1.807, 2.05) is 6.07 Å². The van der Waals surface area contributed by atoms with Gasteiger partial charge in [-0.05, 0) is 30.3 Å². The number of amides is 1. The van der Waals surface area contributed by atoms with Crippen molar-refractivity contribution in [1.82, 2.24) is 10.2 Å². The van der Waals surface area contributed by atoms with Crippen molar-refractivity contribution in [2.45, 2.75) is 25.0 Å². The van der Waals surface area contributed by atoms with Crippen molar-refractivity contribution >= 4 is 29.1 Å². The molecule has 2 atom stereocenters. The van der Waals surface area contributed by atoms with Gasteiger partial charge in [0.2, 0.25) is 5.91 Å². The van der Waals surface area contributed by atoms with E-state index in [2.05, 4.69) is 5.32 Å². The van der Waals surface area contributed by atoms with Crippen molar-refractivity contribution in [3.8, 4) is 6.07 Å². The summed E-state index contributed by atoms with van der Waals surface area (Å²) in [5, 5.41) is 22.5. The molecule has 2 unspecified atom stereocenters. The van der Waals surface area contributed by atoms with Gasteiger partial charge in [-0.1, -0.05) is 23.2 Å². The summed E-state index contributed by atoms with van der Waals surface area (Å²) in [4.78, 5) is 13.6. The quantitative estimate of drug-likeness (QED) is 0.802. The number of halogens is 2. The second kappa shape index (κ2) is 7.30. The molecule has 2 N–H and O–H groups in total. The summed E-state index contributed by atoms with van der Waals surface area (Å²) in [6, 6.07) is 5.08.